The maximum atomic E-state index is 13.3. The molecule has 0 spiro atoms. The van der Waals surface area contributed by atoms with Crippen molar-refractivity contribution in [3.63, 3.8) is 0 Å². The van der Waals surface area contributed by atoms with E-state index in [1.54, 1.807) is 14.0 Å². The fourth-order valence-electron chi connectivity index (χ4n) is 5.35. The van der Waals surface area contributed by atoms with Gasteiger partial charge in [0.25, 0.3) is 0 Å². The summed E-state index contributed by atoms with van der Waals surface area (Å²) in [5, 5.41) is 22.8. The molecule has 0 amide bonds. The van der Waals surface area contributed by atoms with E-state index in [0.29, 0.717) is 18.7 Å². The number of ketones is 1. The molecule has 1 rings (SSSR count). The summed E-state index contributed by atoms with van der Waals surface area (Å²) in [6, 6.07) is 0. The van der Waals surface area contributed by atoms with Crippen LogP contribution in [0.5, 0.6) is 0 Å². The second-order valence-corrected chi connectivity index (χ2v) is 11.5. The van der Waals surface area contributed by atoms with Gasteiger partial charge in [-0.2, -0.15) is 0 Å². The molecule has 9 nitrogen and oxygen atoms in total. The zero-order valence-electron chi connectivity index (χ0n) is 24.9. The number of carbonyl (C=O) groups is 2. The van der Waals surface area contributed by atoms with Crippen LogP contribution in [0.3, 0.4) is 0 Å². The van der Waals surface area contributed by atoms with Crippen molar-refractivity contribution in [2.24, 2.45) is 34.6 Å². The van der Waals surface area contributed by atoms with Gasteiger partial charge in [-0.3, -0.25) is 14.6 Å². The van der Waals surface area contributed by atoms with Crippen molar-refractivity contribution in [2.45, 2.75) is 91.6 Å². The highest BCUT2D eigenvalue weighted by Crippen LogP contribution is 2.38. The third-order valence-electron chi connectivity index (χ3n) is 8.47. The number of cyclic esters (lactones) is 1. The van der Waals surface area contributed by atoms with Gasteiger partial charge in [0.2, 0.25) is 0 Å². The number of aliphatic hydroxyl groups excluding tert-OH is 1. The van der Waals surface area contributed by atoms with E-state index in [1.807, 2.05) is 53.6 Å². The van der Waals surface area contributed by atoms with Crippen LogP contribution in [0.25, 0.3) is 0 Å². The Balaban J connectivity index is 3.55. The number of nitrogens with zero attached hydrogens (tertiary/aromatic N) is 2. The van der Waals surface area contributed by atoms with E-state index < -0.39 is 47.1 Å². The summed E-state index contributed by atoms with van der Waals surface area (Å²) >= 11 is 0. The second-order valence-electron chi connectivity index (χ2n) is 11.5. The Morgan fingerprint density at radius 3 is 2.22 bits per heavy atom. The minimum Gasteiger partial charge on any atom is -0.459 e. The van der Waals surface area contributed by atoms with E-state index in [0.717, 1.165) is 6.54 Å². The predicted octanol–water partition coefficient (Wildman–Crippen LogP) is 2.96. The third kappa shape index (κ3) is 8.30. The molecule has 1 heterocycles. The average molecular weight is 529 g/mol. The van der Waals surface area contributed by atoms with E-state index in [9.17, 15) is 19.8 Å². The normalized spacial score (nSPS) is 40.1. The van der Waals surface area contributed by atoms with Crippen molar-refractivity contribution in [1.29, 1.82) is 0 Å². The van der Waals surface area contributed by atoms with Crippen molar-refractivity contribution in [3.05, 3.63) is 0 Å². The molecular weight excluding hydrogens is 476 g/mol. The van der Waals surface area contributed by atoms with Crippen LogP contribution in [0.1, 0.15) is 68.2 Å². The zero-order chi connectivity index (χ0) is 28.7. The van der Waals surface area contributed by atoms with Gasteiger partial charge in [0.1, 0.15) is 30.1 Å². The molecule has 0 unspecified atom stereocenters. The monoisotopic (exact) mass is 528 g/mol. The molecule has 0 radical (unpaired) electrons. The van der Waals surface area contributed by atoms with Crippen LogP contribution < -0.4 is 0 Å². The number of hydrogen-bond donors (Lipinski definition) is 2. The van der Waals surface area contributed by atoms with Gasteiger partial charge in [0.05, 0.1) is 18.3 Å². The summed E-state index contributed by atoms with van der Waals surface area (Å²) in [6.45, 7) is 15.7. The molecular formula is C28H52N2O7. The number of esters is 1. The summed E-state index contributed by atoms with van der Waals surface area (Å²) in [6.07, 6.45) is -1.49. The summed E-state index contributed by atoms with van der Waals surface area (Å²) < 4.78 is 17.4. The molecule has 0 aromatic carbocycles. The number of rotatable bonds is 7. The number of Topliss-reactive ketones (excluding diaryl/α,β-unsaturated/α-hetero) is 1. The first kappa shape index (κ1) is 33.6. The Labute approximate surface area is 223 Å². The number of aliphatic imine (C=N–C) groups is 1. The zero-order valence-corrected chi connectivity index (χ0v) is 24.9. The standard InChI is InChI=1S/C28H52N2O7/c1-12-22-28(8,34)25(32)19(4)23(29-16-36-14-13-30(9)10)17(2)15-27(7,35-11)21(6)18(3)24(31)20(5)26(33)37-22/h17-22,25,32,34H,12-16H2,1-11H3/b29-23+/t17-,18-,19+,20-,21-,22-,25-,27-,28-/m1/s1. The molecule has 216 valence electrons. The second kappa shape index (κ2) is 14.1. The van der Waals surface area contributed by atoms with Crippen molar-refractivity contribution < 1.29 is 34.0 Å². The van der Waals surface area contributed by atoms with E-state index in [4.69, 9.17) is 19.2 Å². The van der Waals surface area contributed by atoms with Crippen molar-refractivity contribution in [1.82, 2.24) is 4.90 Å². The van der Waals surface area contributed by atoms with E-state index >= 15 is 0 Å². The van der Waals surface area contributed by atoms with Crippen LogP contribution in [0.4, 0.5) is 0 Å². The van der Waals surface area contributed by atoms with E-state index in [-0.39, 0.29) is 30.8 Å². The van der Waals surface area contributed by atoms with Crippen molar-refractivity contribution in [2.75, 3.05) is 41.1 Å². The van der Waals surface area contributed by atoms with Crippen LogP contribution in [-0.2, 0) is 23.8 Å². The van der Waals surface area contributed by atoms with Crippen LogP contribution in [0, 0.1) is 29.6 Å². The third-order valence-corrected chi connectivity index (χ3v) is 8.47. The highest BCUT2D eigenvalue weighted by Gasteiger charge is 2.48. The summed E-state index contributed by atoms with van der Waals surface area (Å²) in [5.74, 6) is -3.35. The molecule has 0 aliphatic carbocycles. The van der Waals surface area contributed by atoms with Crippen molar-refractivity contribution >= 4 is 17.5 Å². The molecule has 0 bridgehead atoms. The van der Waals surface area contributed by atoms with Gasteiger partial charge in [0.15, 0.2) is 0 Å². The fourth-order valence-corrected chi connectivity index (χ4v) is 5.35. The Morgan fingerprint density at radius 1 is 1.11 bits per heavy atom. The lowest BCUT2D eigenvalue weighted by Crippen LogP contribution is -2.56. The van der Waals surface area contributed by atoms with Gasteiger partial charge < -0.3 is 29.3 Å². The maximum Gasteiger partial charge on any atom is 0.316 e. The number of ether oxygens (including phenoxy) is 3. The summed E-state index contributed by atoms with van der Waals surface area (Å²) in [4.78, 5) is 33.0. The molecule has 1 aliphatic rings. The molecule has 1 fully saturated rings. The first-order valence-electron chi connectivity index (χ1n) is 13.5. The molecule has 9 heteroatoms. The number of aliphatic hydroxyl groups is 2. The number of methoxy groups -OCH3 is 1. The average Bonchev–Trinajstić information content (AvgIpc) is 2.85. The SMILES string of the molecule is CC[C@H]1OC(=O)[C@H](C)C(=O)[C@H](C)[C@@H](C)[C@](C)(OC)C[C@@H](C)/C(=N\COCCN(C)C)[C@H](C)[C@@H](O)[C@]1(C)O. The molecule has 1 saturated heterocycles. The van der Waals surface area contributed by atoms with Crippen molar-refractivity contribution in [3.8, 4) is 0 Å². The number of likely N-dealkylation sites (N-methyl/N-ethyl adjacent to an activating group) is 1. The number of carbonyl (C=O) groups excluding carboxylic acids is 2. The molecule has 1 aliphatic heterocycles. The molecule has 37 heavy (non-hydrogen) atoms. The number of hydrogen-bond acceptors (Lipinski definition) is 9. The lowest BCUT2D eigenvalue weighted by molar-refractivity contribution is -0.186. The summed E-state index contributed by atoms with van der Waals surface area (Å²) in [5.41, 5.74) is -1.81. The fraction of sp³-hybridized carbons (Fsp3) is 0.893. The highest BCUT2D eigenvalue weighted by atomic mass is 16.6. The largest absolute Gasteiger partial charge is 0.459 e. The van der Waals surface area contributed by atoms with Gasteiger partial charge in [-0.05, 0) is 59.5 Å². The topological polar surface area (TPSA) is 118 Å². The lowest BCUT2D eigenvalue weighted by atomic mass is 9.71. The Kier molecular flexibility index (Phi) is 12.8. The van der Waals surface area contributed by atoms with E-state index in [1.165, 1.54) is 13.8 Å². The van der Waals surface area contributed by atoms with Crippen LogP contribution in [0.2, 0.25) is 0 Å². The van der Waals surface area contributed by atoms with Gasteiger partial charge in [-0.15, -0.1) is 0 Å². The van der Waals surface area contributed by atoms with Crippen LogP contribution in [-0.4, -0.2) is 97.1 Å². The smallest absolute Gasteiger partial charge is 0.316 e. The molecule has 9 atom stereocenters. The quantitative estimate of drug-likeness (QED) is 0.294. The lowest BCUT2D eigenvalue weighted by Gasteiger charge is -2.43. The first-order valence-corrected chi connectivity index (χ1v) is 13.5. The molecule has 0 aromatic heterocycles. The molecule has 2 N–H and O–H groups in total. The summed E-state index contributed by atoms with van der Waals surface area (Å²) in [7, 11) is 5.55. The minimum atomic E-state index is -1.77. The first-order chi connectivity index (χ1) is 17.0. The highest BCUT2D eigenvalue weighted by molar-refractivity contribution is 5.99. The van der Waals surface area contributed by atoms with Crippen LogP contribution in [0.15, 0.2) is 4.99 Å². The Morgan fingerprint density at radius 2 is 1.70 bits per heavy atom. The van der Waals surface area contributed by atoms with Gasteiger partial charge in [-0.25, -0.2) is 0 Å². The van der Waals surface area contributed by atoms with Gasteiger partial charge in [0, 0.05) is 31.2 Å². The Bertz CT molecular complexity index is 784. The van der Waals surface area contributed by atoms with Crippen LogP contribution >= 0.6 is 0 Å². The van der Waals surface area contributed by atoms with Gasteiger partial charge in [-0.1, -0.05) is 34.6 Å². The molecule has 0 aromatic rings. The van der Waals surface area contributed by atoms with E-state index in [2.05, 4.69) is 0 Å². The predicted molar refractivity (Wildman–Crippen MR) is 144 cm³/mol. The van der Waals surface area contributed by atoms with Gasteiger partial charge >= 0.3 is 5.97 Å². The molecule has 0 saturated carbocycles. The Hall–Kier alpha value is -1.39. The maximum absolute atomic E-state index is 13.3. The minimum absolute atomic E-state index is 0.116.